The number of aromatic nitrogens is 2. The summed E-state index contributed by atoms with van der Waals surface area (Å²) < 4.78 is 1.89. The van der Waals surface area contributed by atoms with Crippen molar-refractivity contribution in [3.05, 3.63) is 30.0 Å². The van der Waals surface area contributed by atoms with Crippen LogP contribution in [0.25, 0.3) is 10.9 Å². The minimum absolute atomic E-state index is 0.137. The first-order chi connectivity index (χ1) is 9.09. The lowest BCUT2D eigenvalue weighted by Gasteiger charge is -2.09. The number of carbonyl (C=O) groups excluding carboxylic acids is 1. The zero-order valence-corrected chi connectivity index (χ0v) is 11.7. The molecule has 1 amide bonds. The van der Waals surface area contributed by atoms with E-state index in [1.807, 2.05) is 23.9 Å². The van der Waals surface area contributed by atoms with Crippen molar-refractivity contribution in [1.82, 2.24) is 20.0 Å². The molecule has 0 spiro atoms. The van der Waals surface area contributed by atoms with Gasteiger partial charge in [0, 0.05) is 46.0 Å². The molecule has 0 aliphatic rings. The van der Waals surface area contributed by atoms with Crippen molar-refractivity contribution in [2.24, 2.45) is 7.05 Å². The van der Waals surface area contributed by atoms with E-state index in [4.69, 9.17) is 0 Å². The number of hydrogen-bond acceptors (Lipinski definition) is 3. The van der Waals surface area contributed by atoms with E-state index in [9.17, 15) is 4.79 Å². The second-order valence-corrected chi connectivity index (χ2v) is 4.80. The van der Waals surface area contributed by atoms with Gasteiger partial charge in [0.1, 0.15) is 0 Å². The fourth-order valence-corrected chi connectivity index (χ4v) is 2.04. The van der Waals surface area contributed by atoms with Gasteiger partial charge < -0.3 is 10.2 Å². The summed E-state index contributed by atoms with van der Waals surface area (Å²) in [7, 11) is 5.49. The fraction of sp³-hybridized carbons (Fsp3) is 0.429. The lowest BCUT2D eigenvalue weighted by atomic mass is 10.2. The Morgan fingerprint density at radius 2 is 2.11 bits per heavy atom. The van der Waals surface area contributed by atoms with Gasteiger partial charge in [-0.05, 0) is 6.07 Å². The molecular weight excluding hydrogens is 240 g/mol. The minimum Gasteiger partial charge on any atom is -0.349 e. The maximum absolute atomic E-state index is 11.4. The number of nitrogens with zero attached hydrogens (tertiary/aromatic N) is 3. The first-order valence-corrected chi connectivity index (χ1v) is 6.41. The molecule has 19 heavy (non-hydrogen) atoms. The third-order valence-corrected chi connectivity index (χ3v) is 3.14. The topological polar surface area (TPSA) is 50.2 Å². The largest absolute Gasteiger partial charge is 0.349 e. The monoisotopic (exact) mass is 260 g/mol. The highest BCUT2D eigenvalue weighted by Crippen LogP contribution is 2.16. The van der Waals surface area contributed by atoms with Gasteiger partial charge in [0.25, 0.3) is 0 Å². The molecule has 0 aliphatic carbocycles. The van der Waals surface area contributed by atoms with Gasteiger partial charge in [-0.2, -0.15) is 5.10 Å². The van der Waals surface area contributed by atoms with E-state index >= 15 is 0 Å². The SMILES string of the molecule is CN(C)C(=O)CCNCc1nn(C)c2ccccc12. The van der Waals surface area contributed by atoms with Crippen molar-refractivity contribution in [3.63, 3.8) is 0 Å². The van der Waals surface area contributed by atoms with Crippen LogP contribution < -0.4 is 5.32 Å². The number of carbonyl (C=O) groups is 1. The summed E-state index contributed by atoms with van der Waals surface area (Å²) in [6, 6.07) is 8.16. The predicted molar refractivity (Wildman–Crippen MR) is 75.7 cm³/mol. The smallest absolute Gasteiger partial charge is 0.223 e. The zero-order valence-electron chi connectivity index (χ0n) is 11.7. The summed E-state index contributed by atoms with van der Waals surface area (Å²) in [6.45, 7) is 1.35. The number of para-hydroxylation sites is 1. The fourth-order valence-electron chi connectivity index (χ4n) is 2.04. The van der Waals surface area contributed by atoms with E-state index in [0.29, 0.717) is 19.5 Å². The number of benzene rings is 1. The van der Waals surface area contributed by atoms with Gasteiger partial charge in [-0.25, -0.2) is 0 Å². The van der Waals surface area contributed by atoms with Crippen molar-refractivity contribution in [2.75, 3.05) is 20.6 Å². The van der Waals surface area contributed by atoms with E-state index in [2.05, 4.69) is 22.5 Å². The maximum Gasteiger partial charge on any atom is 0.223 e. The Kier molecular flexibility index (Phi) is 4.16. The van der Waals surface area contributed by atoms with E-state index in [1.165, 1.54) is 0 Å². The third kappa shape index (κ3) is 3.12. The molecule has 2 aromatic rings. The molecule has 0 bridgehead atoms. The molecule has 0 unspecified atom stereocenters. The molecule has 0 radical (unpaired) electrons. The number of amides is 1. The van der Waals surface area contributed by atoms with E-state index in [1.54, 1.807) is 19.0 Å². The number of rotatable bonds is 5. The first kappa shape index (κ1) is 13.5. The van der Waals surface area contributed by atoms with Gasteiger partial charge in [-0.3, -0.25) is 9.48 Å². The highest BCUT2D eigenvalue weighted by Gasteiger charge is 2.08. The second-order valence-electron chi connectivity index (χ2n) is 4.80. The molecule has 1 heterocycles. The van der Waals surface area contributed by atoms with Gasteiger partial charge in [0.15, 0.2) is 0 Å². The quantitative estimate of drug-likeness (QED) is 0.820. The molecule has 0 saturated heterocycles. The maximum atomic E-state index is 11.4. The summed E-state index contributed by atoms with van der Waals surface area (Å²) in [6.07, 6.45) is 0.512. The van der Waals surface area contributed by atoms with Crippen LogP contribution in [-0.2, 0) is 18.4 Å². The first-order valence-electron chi connectivity index (χ1n) is 6.41. The predicted octanol–water partition coefficient (Wildman–Crippen LogP) is 1.14. The molecular formula is C14H20N4O. The van der Waals surface area contributed by atoms with Crippen LogP contribution in [0.3, 0.4) is 0 Å². The van der Waals surface area contributed by atoms with Crippen LogP contribution in [0, 0.1) is 0 Å². The van der Waals surface area contributed by atoms with Crippen LogP contribution in [-0.4, -0.2) is 41.2 Å². The van der Waals surface area contributed by atoms with Crippen molar-refractivity contribution in [2.45, 2.75) is 13.0 Å². The molecule has 102 valence electrons. The number of fused-ring (bicyclic) bond motifs is 1. The molecule has 5 heteroatoms. The van der Waals surface area contributed by atoms with Crippen molar-refractivity contribution >= 4 is 16.8 Å². The number of hydrogen-bond donors (Lipinski definition) is 1. The molecule has 0 fully saturated rings. The summed E-state index contributed by atoms with van der Waals surface area (Å²) in [5.74, 6) is 0.137. The Bertz CT molecular complexity index is 574. The minimum atomic E-state index is 0.137. The summed E-state index contributed by atoms with van der Waals surface area (Å²) >= 11 is 0. The van der Waals surface area contributed by atoms with Crippen LogP contribution in [0.2, 0.25) is 0 Å². The standard InChI is InChI=1S/C14H20N4O/c1-17(2)14(19)8-9-15-10-12-11-6-4-5-7-13(11)18(3)16-12/h4-7,15H,8-10H2,1-3H3. The van der Waals surface area contributed by atoms with Gasteiger partial charge in [0.05, 0.1) is 11.2 Å². The van der Waals surface area contributed by atoms with Gasteiger partial charge in [0.2, 0.25) is 5.91 Å². The van der Waals surface area contributed by atoms with Gasteiger partial charge in [-0.1, -0.05) is 18.2 Å². The van der Waals surface area contributed by atoms with Gasteiger partial charge in [-0.15, -0.1) is 0 Å². The van der Waals surface area contributed by atoms with Crippen molar-refractivity contribution < 1.29 is 4.79 Å². The normalized spacial score (nSPS) is 10.9. The Hall–Kier alpha value is -1.88. The second kappa shape index (κ2) is 5.84. The van der Waals surface area contributed by atoms with Crippen LogP contribution in [0.5, 0.6) is 0 Å². The van der Waals surface area contributed by atoms with E-state index < -0.39 is 0 Å². The Morgan fingerprint density at radius 1 is 1.37 bits per heavy atom. The summed E-state index contributed by atoms with van der Waals surface area (Å²) in [4.78, 5) is 13.0. The summed E-state index contributed by atoms with van der Waals surface area (Å²) in [5, 5.41) is 8.93. The molecule has 1 N–H and O–H groups in total. The molecule has 2 rings (SSSR count). The molecule has 1 aromatic heterocycles. The highest BCUT2D eigenvalue weighted by atomic mass is 16.2. The van der Waals surface area contributed by atoms with Crippen molar-refractivity contribution in [3.8, 4) is 0 Å². The van der Waals surface area contributed by atoms with Crippen LogP contribution >= 0.6 is 0 Å². The summed E-state index contributed by atoms with van der Waals surface area (Å²) in [5.41, 5.74) is 2.15. The third-order valence-electron chi connectivity index (χ3n) is 3.14. The van der Waals surface area contributed by atoms with Crippen molar-refractivity contribution in [1.29, 1.82) is 0 Å². The lowest BCUT2D eigenvalue weighted by Crippen LogP contribution is -2.26. The lowest BCUT2D eigenvalue weighted by molar-refractivity contribution is -0.128. The average Bonchev–Trinajstić information content (AvgIpc) is 2.72. The molecule has 0 saturated carbocycles. The van der Waals surface area contributed by atoms with Crippen LogP contribution in [0.1, 0.15) is 12.1 Å². The Labute approximate surface area is 113 Å². The molecule has 1 aromatic carbocycles. The number of nitrogens with one attached hydrogen (secondary N) is 1. The average molecular weight is 260 g/mol. The molecule has 5 nitrogen and oxygen atoms in total. The molecule has 0 atom stereocenters. The van der Waals surface area contributed by atoms with E-state index in [0.717, 1.165) is 16.6 Å². The zero-order chi connectivity index (χ0) is 13.8. The van der Waals surface area contributed by atoms with E-state index in [-0.39, 0.29) is 5.91 Å². The molecule has 0 aliphatic heterocycles. The van der Waals surface area contributed by atoms with Gasteiger partial charge >= 0.3 is 0 Å². The highest BCUT2D eigenvalue weighted by molar-refractivity contribution is 5.81. The van der Waals surface area contributed by atoms with Crippen LogP contribution in [0.15, 0.2) is 24.3 Å². The Morgan fingerprint density at radius 3 is 2.84 bits per heavy atom. The Balaban J connectivity index is 1.94. The number of aryl methyl sites for hydroxylation is 1. The van der Waals surface area contributed by atoms with Crippen LogP contribution in [0.4, 0.5) is 0 Å².